The van der Waals surface area contributed by atoms with Crippen LogP contribution in [0.3, 0.4) is 0 Å². The van der Waals surface area contributed by atoms with Crippen LogP contribution in [0.15, 0.2) is 48.5 Å². The maximum Gasteiger partial charge on any atom is 0.416 e. The summed E-state index contributed by atoms with van der Waals surface area (Å²) in [6, 6.07) is 12.8. The van der Waals surface area contributed by atoms with Crippen molar-refractivity contribution in [2.45, 2.75) is 25.6 Å². The number of hydrogen-bond acceptors (Lipinski definition) is 3. The van der Waals surface area contributed by atoms with E-state index in [2.05, 4.69) is 4.90 Å². The van der Waals surface area contributed by atoms with E-state index in [1.807, 2.05) is 29.2 Å². The molecule has 156 valence electrons. The molecule has 3 rings (SSSR count). The Bertz CT molecular complexity index is 822. The van der Waals surface area contributed by atoms with E-state index < -0.39 is 11.7 Å². The predicted octanol–water partition coefficient (Wildman–Crippen LogP) is 3.99. The molecule has 29 heavy (non-hydrogen) atoms. The normalized spacial score (nSPS) is 15.8. The fraction of sp³-hybridized carbons (Fsp3) is 0.409. The predicted molar refractivity (Wildman–Crippen MR) is 105 cm³/mol. The Balaban J connectivity index is 1.53. The zero-order valence-corrected chi connectivity index (χ0v) is 16.4. The summed E-state index contributed by atoms with van der Waals surface area (Å²) in [6.07, 6.45) is -3.15. The molecule has 2 aromatic carbocycles. The molecule has 0 unspecified atom stereocenters. The highest BCUT2D eigenvalue weighted by Gasteiger charge is 2.30. The second-order valence-corrected chi connectivity index (χ2v) is 7.23. The molecule has 1 heterocycles. The molecule has 1 aliphatic heterocycles. The molecule has 0 saturated carbocycles. The average molecular weight is 406 g/mol. The summed E-state index contributed by atoms with van der Waals surface area (Å²) in [6.45, 7) is 3.39. The third-order valence-electron chi connectivity index (χ3n) is 5.12. The van der Waals surface area contributed by atoms with E-state index in [0.717, 1.165) is 42.0 Å². The number of rotatable bonds is 5. The van der Waals surface area contributed by atoms with E-state index in [9.17, 15) is 18.0 Å². The lowest BCUT2D eigenvalue weighted by Gasteiger charge is -2.22. The van der Waals surface area contributed by atoms with Crippen LogP contribution in [0.25, 0.3) is 0 Å². The molecular weight excluding hydrogens is 381 g/mol. The van der Waals surface area contributed by atoms with Crippen molar-refractivity contribution in [1.82, 2.24) is 9.80 Å². The summed E-state index contributed by atoms with van der Waals surface area (Å²) >= 11 is 0. The van der Waals surface area contributed by atoms with Crippen molar-refractivity contribution in [3.8, 4) is 5.75 Å². The molecule has 0 aromatic heterocycles. The first-order valence-electron chi connectivity index (χ1n) is 9.64. The van der Waals surface area contributed by atoms with Gasteiger partial charge < -0.3 is 9.64 Å². The van der Waals surface area contributed by atoms with Crippen molar-refractivity contribution in [2.24, 2.45) is 0 Å². The number of halogens is 3. The lowest BCUT2D eigenvalue weighted by Crippen LogP contribution is -2.36. The van der Waals surface area contributed by atoms with Gasteiger partial charge >= 0.3 is 6.18 Å². The lowest BCUT2D eigenvalue weighted by molar-refractivity contribution is -0.137. The zero-order valence-electron chi connectivity index (χ0n) is 16.4. The number of benzene rings is 2. The van der Waals surface area contributed by atoms with Gasteiger partial charge in [-0.15, -0.1) is 0 Å². The Morgan fingerprint density at radius 3 is 2.45 bits per heavy atom. The van der Waals surface area contributed by atoms with E-state index in [1.165, 1.54) is 12.1 Å². The molecule has 2 aromatic rings. The Morgan fingerprint density at radius 1 is 1.00 bits per heavy atom. The number of alkyl halides is 3. The average Bonchev–Trinajstić information content (AvgIpc) is 2.93. The quantitative estimate of drug-likeness (QED) is 0.753. The van der Waals surface area contributed by atoms with Crippen molar-refractivity contribution >= 4 is 5.91 Å². The van der Waals surface area contributed by atoms with E-state index in [-0.39, 0.29) is 5.91 Å². The number of carbonyl (C=O) groups is 1. The summed E-state index contributed by atoms with van der Waals surface area (Å²) in [5.41, 5.74) is 1.13. The highest BCUT2D eigenvalue weighted by atomic mass is 19.4. The largest absolute Gasteiger partial charge is 0.497 e. The maximum absolute atomic E-state index is 12.7. The first-order chi connectivity index (χ1) is 13.8. The van der Waals surface area contributed by atoms with Crippen molar-refractivity contribution in [3.63, 3.8) is 0 Å². The molecule has 1 saturated heterocycles. The summed E-state index contributed by atoms with van der Waals surface area (Å²) < 4.78 is 43.3. The van der Waals surface area contributed by atoms with E-state index in [4.69, 9.17) is 4.74 Å². The standard InChI is InChI=1S/C22H25F3N2O2/c1-29-20-5-2-4-18(14-20)15-21(28)27-11-3-10-26(12-13-27)16-17-6-8-19(9-7-17)22(23,24)25/h2,4-9,14H,3,10-13,15-16H2,1H3. The van der Waals surface area contributed by atoms with Crippen LogP contribution in [0.2, 0.25) is 0 Å². The molecule has 0 N–H and O–H groups in total. The Morgan fingerprint density at radius 2 is 1.76 bits per heavy atom. The third kappa shape index (κ3) is 5.97. The number of ether oxygens (including phenoxy) is 1. The van der Waals surface area contributed by atoms with Gasteiger partial charge in [0.05, 0.1) is 19.1 Å². The number of amides is 1. The van der Waals surface area contributed by atoms with Gasteiger partial charge in [0.25, 0.3) is 0 Å². The number of nitrogens with zero attached hydrogens (tertiary/aromatic N) is 2. The first kappa shape index (κ1) is 21.2. The summed E-state index contributed by atoms with van der Waals surface area (Å²) in [4.78, 5) is 16.7. The van der Waals surface area contributed by atoms with E-state index >= 15 is 0 Å². The fourth-order valence-electron chi connectivity index (χ4n) is 3.50. The van der Waals surface area contributed by atoms with Gasteiger partial charge in [0.15, 0.2) is 0 Å². The van der Waals surface area contributed by atoms with Gasteiger partial charge in [-0.2, -0.15) is 13.2 Å². The van der Waals surface area contributed by atoms with Gasteiger partial charge in [-0.25, -0.2) is 0 Å². The van der Waals surface area contributed by atoms with E-state index in [1.54, 1.807) is 7.11 Å². The smallest absolute Gasteiger partial charge is 0.416 e. The van der Waals surface area contributed by atoms with Crippen molar-refractivity contribution in [2.75, 3.05) is 33.3 Å². The summed E-state index contributed by atoms with van der Waals surface area (Å²) in [7, 11) is 1.60. The topological polar surface area (TPSA) is 32.8 Å². The lowest BCUT2D eigenvalue weighted by atomic mass is 10.1. The monoisotopic (exact) mass is 406 g/mol. The van der Waals surface area contributed by atoms with E-state index in [0.29, 0.717) is 32.6 Å². The zero-order chi connectivity index (χ0) is 20.9. The van der Waals surface area contributed by atoms with Gasteiger partial charge in [0.2, 0.25) is 5.91 Å². The molecular formula is C22H25F3N2O2. The maximum atomic E-state index is 12.7. The SMILES string of the molecule is COc1cccc(CC(=O)N2CCCN(Cc3ccc(C(F)(F)F)cc3)CC2)c1. The Hall–Kier alpha value is -2.54. The van der Waals surface area contributed by atoms with Crippen molar-refractivity contribution in [1.29, 1.82) is 0 Å². The molecule has 7 heteroatoms. The fourth-order valence-corrected chi connectivity index (χ4v) is 3.50. The van der Waals surface area contributed by atoms with Crippen LogP contribution >= 0.6 is 0 Å². The first-order valence-corrected chi connectivity index (χ1v) is 9.64. The Labute approximate surface area is 168 Å². The number of methoxy groups -OCH3 is 1. The molecule has 4 nitrogen and oxygen atoms in total. The van der Waals surface area contributed by atoms with Crippen LogP contribution in [0.1, 0.15) is 23.1 Å². The van der Waals surface area contributed by atoms with Gasteiger partial charge in [0, 0.05) is 32.7 Å². The van der Waals surface area contributed by atoms with Crippen LogP contribution in [0.4, 0.5) is 13.2 Å². The minimum absolute atomic E-state index is 0.0784. The summed E-state index contributed by atoms with van der Waals surface area (Å²) in [5, 5.41) is 0. The second kappa shape index (κ2) is 9.31. The summed E-state index contributed by atoms with van der Waals surface area (Å²) in [5.74, 6) is 0.809. The molecule has 0 radical (unpaired) electrons. The highest BCUT2D eigenvalue weighted by molar-refractivity contribution is 5.79. The molecule has 0 aliphatic carbocycles. The highest BCUT2D eigenvalue weighted by Crippen LogP contribution is 2.29. The van der Waals surface area contributed by atoms with Crippen LogP contribution in [0, 0.1) is 0 Å². The van der Waals surface area contributed by atoms with Crippen molar-refractivity contribution in [3.05, 3.63) is 65.2 Å². The molecule has 0 spiro atoms. The van der Waals surface area contributed by atoms with Crippen LogP contribution < -0.4 is 4.74 Å². The number of carbonyl (C=O) groups excluding carboxylic acids is 1. The minimum atomic E-state index is -4.31. The minimum Gasteiger partial charge on any atom is -0.497 e. The van der Waals surface area contributed by atoms with Gasteiger partial charge in [-0.1, -0.05) is 24.3 Å². The third-order valence-corrected chi connectivity index (χ3v) is 5.12. The van der Waals surface area contributed by atoms with Gasteiger partial charge in [0.1, 0.15) is 5.75 Å². The number of hydrogen-bond donors (Lipinski definition) is 0. The van der Waals surface area contributed by atoms with Crippen LogP contribution in [-0.2, 0) is 23.9 Å². The van der Waals surface area contributed by atoms with Gasteiger partial charge in [-0.05, 0) is 41.8 Å². The second-order valence-electron chi connectivity index (χ2n) is 7.23. The Kier molecular flexibility index (Phi) is 6.79. The molecule has 0 bridgehead atoms. The van der Waals surface area contributed by atoms with Crippen LogP contribution in [0.5, 0.6) is 5.75 Å². The van der Waals surface area contributed by atoms with Crippen molar-refractivity contribution < 1.29 is 22.7 Å². The van der Waals surface area contributed by atoms with Gasteiger partial charge in [-0.3, -0.25) is 9.69 Å². The molecule has 0 atom stereocenters. The van der Waals surface area contributed by atoms with Crippen LogP contribution in [-0.4, -0.2) is 49.0 Å². The molecule has 1 amide bonds. The molecule has 1 fully saturated rings. The molecule has 1 aliphatic rings.